The van der Waals surface area contributed by atoms with Crippen LogP contribution in [0.4, 0.5) is 21.5 Å². The normalized spacial score (nSPS) is 20.6. The molecule has 5 nitrogen and oxygen atoms in total. The summed E-state index contributed by atoms with van der Waals surface area (Å²) in [5.74, 6) is -1.32. The Morgan fingerprint density at radius 3 is 2.74 bits per heavy atom. The molecule has 1 unspecified atom stereocenters. The number of rotatable bonds is 3. The maximum Gasteiger partial charge on any atom is 0.237 e. The highest BCUT2D eigenvalue weighted by Gasteiger charge is 2.31. The molecule has 2 aromatic rings. The first-order chi connectivity index (χ1) is 13.1. The standard InChI is InChI=1S/C21H23FN4O/c1-25-10-3-11-26(13-12-25)16-8-6-15(7-9-16)23-14-17-20-18(22)4-2-5-19(20)24-21(17)27/h2,4-9,14,17H,3,10-13H2,1H3,(H,24,27). The summed E-state index contributed by atoms with van der Waals surface area (Å²) in [6.45, 7) is 4.24. The van der Waals surface area contributed by atoms with Gasteiger partial charge in [0.1, 0.15) is 11.7 Å². The number of fused-ring (bicyclic) bond motifs is 1. The summed E-state index contributed by atoms with van der Waals surface area (Å²) in [5.41, 5.74) is 2.83. The second-order valence-corrected chi connectivity index (χ2v) is 7.11. The Morgan fingerprint density at radius 2 is 1.93 bits per heavy atom. The molecule has 0 bridgehead atoms. The second-order valence-electron chi connectivity index (χ2n) is 7.11. The zero-order valence-electron chi connectivity index (χ0n) is 15.4. The van der Waals surface area contributed by atoms with E-state index in [2.05, 4.69) is 39.3 Å². The highest BCUT2D eigenvalue weighted by Crippen LogP contribution is 2.34. The minimum absolute atomic E-state index is 0.246. The molecule has 27 heavy (non-hydrogen) atoms. The molecule has 2 aliphatic heterocycles. The van der Waals surface area contributed by atoms with Crippen LogP contribution >= 0.6 is 0 Å². The zero-order chi connectivity index (χ0) is 18.8. The van der Waals surface area contributed by atoms with E-state index >= 15 is 0 Å². The van der Waals surface area contributed by atoms with Gasteiger partial charge in [-0.05, 0) is 56.4 Å². The topological polar surface area (TPSA) is 47.9 Å². The van der Waals surface area contributed by atoms with E-state index in [-0.39, 0.29) is 11.7 Å². The van der Waals surface area contributed by atoms with E-state index in [1.165, 1.54) is 18.0 Å². The number of anilines is 2. The van der Waals surface area contributed by atoms with Gasteiger partial charge in [-0.3, -0.25) is 9.79 Å². The second kappa shape index (κ2) is 7.48. The SMILES string of the molecule is CN1CCCN(c2ccc(N=CC3C(=O)Nc4cccc(F)c43)cc2)CC1. The first-order valence-corrected chi connectivity index (χ1v) is 9.29. The maximum atomic E-state index is 14.1. The van der Waals surface area contributed by atoms with Gasteiger partial charge in [-0.15, -0.1) is 0 Å². The van der Waals surface area contributed by atoms with Crippen LogP contribution in [0.25, 0.3) is 0 Å². The van der Waals surface area contributed by atoms with Crippen LogP contribution in [0.15, 0.2) is 47.5 Å². The Labute approximate surface area is 158 Å². The lowest BCUT2D eigenvalue weighted by molar-refractivity contribution is -0.115. The molecule has 1 amide bonds. The van der Waals surface area contributed by atoms with Gasteiger partial charge in [-0.25, -0.2) is 4.39 Å². The highest BCUT2D eigenvalue weighted by molar-refractivity contribution is 6.12. The third-order valence-electron chi connectivity index (χ3n) is 5.21. The van der Waals surface area contributed by atoms with Crippen molar-refractivity contribution in [3.63, 3.8) is 0 Å². The van der Waals surface area contributed by atoms with Gasteiger partial charge in [-0.2, -0.15) is 0 Å². The summed E-state index contributed by atoms with van der Waals surface area (Å²) in [6, 6.07) is 12.7. The third-order valence-corrected chi connectivity index (χ3v) is 5.21. The van der Waals surface area contributed by atoms with E-state index < -0.39 is 5.92 Å². The molecule has 2 heterocycles. The predicted octanol–water partition coefficient (Wildman–Crippen LogP) is 3.41. The van der Waals surface area contributed by atoms with Crippen molar-refractivity contribution in [2.24, 2.45) is 4.99 Å². The smallest absolute Gasteiger partial charge is 0.237 e. The number of hydrogen-bond donors (Lipinski definition) is 1. The van der Waals surface area contributed by atoms with E-state index in [4.69, 9.17) is 0 Å². The summed E-state index contributed by atoms with van der Waals surface area (Å²) in [6.07, 6.45) is 2.68. The Balaban J connectivity index is 1.48. The molecular weight excluding hydrogens is 343 g/mol. The Hall–Kier alpha value is -2.73. The van der Waals surface area contributed by atoms with Crippen molar-refractivity contribution in [2.45, 2.75) is 12.3 Å². The van der Waals surface area contributed by atoms with Crippen molar-refractivity contribution < 1.29 is 9.18 Å². The average molecular weight is 366 g/mol. The molecule has 1 saturated heterocycles. The average Bonchev–Trinajstić information content (AvgIpc) is 2.83. The first-order valence-electron chi connectivity index (χ1n) is 9.29. The van der Waals surface area contributed by atoms with Crippen LogP contribution in [-0.2, 0) is 4.79 Å². The van der Waals surface area contributed by atoms with Crippen molar-refractivity contribution >= 4 is 29.2 Å². The van der Waals surface area contributed by atoms with Crippen molar-refractivity contribution in [1.82, 2.24) is 4.90 Å². The van der Waals surface area contributed by atoms with Crippen LogP contribution in [0, 0.1) is 5.82 Å². The Morgan fingerprint density at radius 1 is 1.11 bits per heavy atom. The van der Waals surface area contributed by atoms with Crippen molar-refractivity contribution in [1.29, 1.82) is 0 Å². The molecular formula is C21H23FN4O. The lowest BCUT2D eigenvalue weighted by Crippen LogP contribution is -2.28. The predicted molar refractivity (Wildman–Crippen MR) is 107 cm³/mol. The molecule has 0 aliphatic carbocycles. The van der Waals surface area contributed by atoms with Crippen molar-refractivity contribution in [2.75, 3.05) is 43.4 Å². The van der Waals surface area contributed by atoms with Crippen molar-refractivity contribution in [3.05, 3.63) is 53.8 Å². The van der Waals surface area contributed by atoms with Gasteiger partial charge in [0.15, 0.2) is 0 Å². The largest absolute Gasteiger partial charge is 0.370 e. The van der Waals surface area contributed by atoms with Crippen LogP contribution in [-0.4, -0.2) is 50.2 Å². The number of likely N-dealkylation sites (N-methyl/N-ethyl adjacent to an activating group) is 1. The number of nitrogens with zero attached hydrogens (tertiary/aromatic N) is 3. The number of hydrogen-bond acceptors (Lipinski definition) is 4. The highest BCUT2D eigenvalue weighted by atomic mass is 19.1. The molecule has 0 saturated carbocycles. The van der Waals surface area contributed by atoms with E-state index in [9.17, 15) is 9.18 Å². The Kier molecular flexibility index (Phi) is 4.90. The van der Waals surface area contributed by atoms with Gasteiger partial charge in [0.05, 0.1) is 5.69 Å². The van der Waals surface area contributed by atoms with Crippen LogP contribution in [0.1, 0.15) is 17.9 Å². The molecule has 6 heteroatoms. The molecule has 1 fully saturated rings. The molecule has 2 aromatic carbocycles. The van der Waals surface area contributed by atoms with Gasteiger partial charge in [0.25, 0.3) is 0 Å². The van der Waals surface area contributed by atoms with Crippen LogP contribution in [0.2, 0.25) is 0 Å². The molecule has 0 spiro atoms. The van der Waals surface area contributed by atoms with E-state index in [1.807, 2.05) is 12.1 Å². The van der Waals surface area contributed by atoms with Gasteiger partial charge in [-0.1, -0.05) is 6.07 Å². The van der Waals surface area contributed by atoms with Gasteiger partial charge in [0, 0.05) is 42.8 Å². The van der Waals surface area contributed by atoms with Gasteiger partial charge < -0.3 is 15.1 Å². The molecule has 4 rings (SSSR count). The minimum atomic E-state index is -0.693. The zero-order valence-corrected chi connectivity index (χ0v) is 15.4. The Bertz CT molecular complexity index is 865. The number of amides is 1. The summed E-state index contributed by atoms with van der Waals surface area (Å²) < 4.78 is 14.1. The summed E-state index contributed by atoms with van der Waals surface area (Å²) >= 11 is 0. The minimum Gasteiger partial charge on any atom is -0.370 e. The number of benzene rings is 2. The van der Waals surface area contributed by atoms with Crippen LogP contribution < -0.4 is 10.2 Å². The van der Waals surface area contributed by atoms with Gasteiger partial charge >= 0.3 is 0 Å². The molecule has 0 radical (unpaired) electrons. The lowest BCUT2D eigenvalue weighted by Gasteiger charge is -2.22. The van der Waals surface area contributed by atoms with E-state index in [0.29, 0.717) is 11.3 Å². The molecule has 1 N–H and O–H groups in total. The van der Waals surface area contributed by atoms with E-state index in [0.717, 1.165) is 38.3 Å². The van der Waals surface area contributed by atoms with E-state index in [1.54, 1.807) is 12.1 Å². The maximum absolute atomic E-state index is 14.1. The van der Waals surface area contributed by atoms with Crippen molar-refractivity contribution in [3.8, 4) is 0 Å². The fourth-order valence-corrected chi connectivity index (χ4v) is 3.66. The summed E-state index contributed by atoms with van der Waals surface area (Å²) in [7, 11) is 2.15. The molecule has 2 aliphatic rings. The lowest BCUT2D eigenvalue weighted by atomic mass is 10.0. The fourth-order valence-electron chi connectivity index (χ4n) is 3.66. The van der Waals surface area contributed by atoms with Gasteiger partial charge in [0.2, 0.25) is 5.91 Å². The summed E-state index contributed by atoms with van der Waals surface area (Å²) in [5, 5.41) is 2.71. The number of carbonyl (C=O) groups excluding carboxylic acids is 1. The first kappa shape index (κ1) is 17.7. The monoisotopic (exact) mass is 366 g/mol. The fraction of sp³-hybridized carbons (Fsp3) is 0.333. The van der Waals surface area contributed by atoms with Crippen LogP contribution in [0.3, 0.4) is 0 Å². The molecule has 0 aromatic heterocycles. The third kappa shape index (κ3) is 3.71. The van der Waals surface area contributed by atoms with Crippen LogP contribution in [0.5, 0.6) is 0 Å². The number of nitrogens with one attached hydrogen (secondary N) is 1. The number of halogens is 1. The molecule has 140 valence electrons. The number of aliphatic imine (C=N–C) groups is 1. The summed E-state index contributed by atoms with van der Waals surface area (Å²) in [4.78, 5) is 21.3. The molecule has 1 atom stereocenters. The quantitative estimate of drug-likeness (QED) is 0.847. The number of carbonyl (C=O) groups is 1.